The molecule has 0 aromatic carbocycles. The largest absolute Gasteiger partial charge is 1.00 e. The third-order valence-corrected chi connectivity index (χ3v) is 11.0. The summed E-state index contributed by atoms with van der Waals surface area (Å²) in [6.45, 7) is -0.107. The van der Waals surface area contributed by atoms with Gasteiger partial charge < -0.3 is 81.8 Å². The molecule has 0 spiro atoms. The standard InChI is InChI=1S/2C4H13NO7P2.Na.3H2O/c2*5-3-1-2-4(6,13(7,8)9)14(10,11)12;;;;/h2*6H,1-3,5H2,(H2,7,8,9)(H2,10,11,12);;3*1H2/q;;+1;;;/p-1. The second kappa shape index (κ2) is 16.9. The van der Waals surface area contributed by atoms with Gasteiger partial charge in [-0.1, -0.05) is 0 Å². The van der Waals surface area contributed by atoms with E-state index in [-0.39, 0.29) is 71.9 Å². The van der Waals surface area contributed by atoms with Crippen LogP contribution >= 0.6 is 30.4 Å². The molecule has 0 radical (unpaired) electrons. The molecule has 24 heteroatoms. The molecule has 0 bridgehead atoms. The van der Waals surface area contributed by atoms with Crippen molar-refractivity contribution < 1.29 is 114 Å². The van der Waals surface area contributed by atoms with Gasteiger partial charge in [0.05, 0.1) is 0 Å². The maximum atomic E-state index is 10.7. The smallest absolute Gasteiger partial charge is 0.776 e. The molecule has 0 aromatic rings. The zero-order valence-electron chi connectivity index (χ0n) is 16.8. The zero-order valence-corrected chi connectivity index (χ0v) is 22.3. The average molecular weight is 574 g/mol. The number of rotatable bonds is 10. The molecule has 0 fully saturated rings. The van der Waals surface area contributed by atoms with Crippen LogP contribution in [0, 0.1) is 0 Å². The van der Waals surface area contributed by atoms with E-state index in [4.69, 9.17) is 45.7 Å². The van der Waals surface area contributed by atoms with Crippen LogP contribution in [0.1, 0.15) is 25.7 Å². The Morgan fingerprint density at radius 1 is 0.625 bits per heavy atom. The van der Waals surface area contributed by atoms with Crippen LogP contribution in [-0.4, -0.2) is 84.2 Å². The Morgan fingerprint density at radius 3 is 1.00 bits per heavy atom. The van der Waals surface area contributed by atoms with E-state index in [2.05, 4.69) is 0 Å². The molecular formula is C8H31N2NaO17P4. The van der Waals surface area contributed by atoms with Crippen molar-refractivity contribution in [3.05, 3.63) is 0 Å². The Balaban J connectivity index is -0.0000000939. The van der Waals surface area contributed by atoms with E-state index in [1.165, 1.54) is 0 Å². The first-order valence-corrected chi connectivity index (χ1v) is 13.6. The number of hydrogen-bond acceptors (Lipinski definition) is 9. The molecule has 2 atom stereocenters. The Labute approximate surface area is 204 Å². The van der Waals surface area contributed by atoms with Crippen LogP contribution in [0.2, 0.25) is 0 Å². The fraction of sp³-hybridized carbons (Fsp3) is 1.00. The maximum Gasteiger partial charge on any atom is 1.00 e. The van der Waals surface area contributed by atoms with Crippen LogP contribution in [0.3, 0.4) is 0 Å². The van der Waals surface area contributed by atoms with Crippen molar-refractivity contribution in [3.63, 3.8) is 0 Å². The Morgan fingerprint density at radius 2 is 0.844 bits per heavy atom. The topological polar surface area (TPSA) is 420 Å². The van der Waals surface area contributed by atoms with E-state index in [0.717, 1.165) is 0 Å². The molecule has 32 heavy (non-hydrogen) atoms. The molecule has 0 aliphatic heterocycles. The van der Waals surface area contributed by atoms with Gasteiger partial charge in [0.15, 0.2) is 7.60 Å². The quantitative estimate of drug-likeness (QED) is 0.0852. The molecule has 0 amide bonds. The van der Waals surface area contributed by atoms with Crippen LogP contribution < -0.4 is 45.9 Å². The Kier molecular flexibility index (Phi) is 24.6. The summed E-state index contributed by atoms with van der Waals surface area (Å²) in [4.78, 5) is 70.8. The minimum absolute atomic E-state index is 0. The van der Waals surface area contributed by atoms with Gasteiger partial charge in [-0.3, -0.25) is 13.7 Å². The Bertz CT molecular complexity index is 582. The van der Waals surface area contributed by atoms with Gasteiger partial charge in [0.1, 0.15) is 0 Å². The molecule has 0 aliphatic carbocycles. The SMILES string of the molecule is NCCCC(O)(P(=O)(O)O)P(=O)(O)O.NCCCC(O)(P(=O)([O-])O)P(=O)(O)O.O.O.O.[Na+]. The predicted octanol–water partition coefficient (Wildman–Crippen LogP) is -8.65. The van der Waals surface area contributed by atoms with Crippen LogP contribution in [-0.2, 0) is 18.3 Å². The van der Waals surface area contributed by atoms with Gasteiger partial charge in [0.2, 0.25) is 5.08 Å². The fourth-order valence-corrected chi connectivity index (χ4v) is 6.05. The van der Waals surface area contributed by atoms with Crippen molar-refractivity contribution in [1.82, 2.24) is 0 Å². The second-order valence-corrected chi connectivity index (χ2v) is 13.5. The molecule has 196 valence electrons. The summed E-state index contributed by atoms with van der Waals surface area (Å²) in [6.07, 6.45) is -1.82. The normalized spacial score (nSPS) is 15.6. The van der Waals surface area contributed by atoms with Crippen LogP contribution in [0.4, 0.5) is 0 Å². The van der Waals surface area contributed by atoms with E-state index < -0.39 is 53.4 Å². The summed E-state index contributed by atoms with van der Waals surface area (Å²) in [5.41, 5.74) is 9.99. The number of hydrogen-bond donors (Lipinski definition) is 11. The molecule has 0 aliphatic rings. The molecular weight excluding hydrogens is 543 g/mol. The van der Waals surface area contributed by atoms with Gasteiger partial charge in [-0.2, -0.15) is 0 Å². The fourth-order valence-electron chi connectivity index (χ4n) is 1.59. The van der Waals surface area contributed by atoms with E-state index in [1.54, 1.807) is 0 Å². The first-order chi connectivity index (χ1) is 12.1. The van der Waals surface area contributed by atoms with Crippen molar-refractivity contribution in [2.45, 2.75) is 35.8 Å². The third-order valence-electron chi connectivity index (χ3n) is 3.28. The molecule has 19 N–H and O–H groups in total. The number of aliphatic hydroxyl groups is 2. The van der Waals surface area contributed by atoms with E-state index in [0.29, 0.717) is 0 Å². The summed E-state index contributed by atoms with van der Waals surface area (Å²) in [5, 5.41) is 11.7. The summed E-state index contributed by atoms with van der Waals surface area (Å²) in [6, 6.07) is 0. The Hall–Kier alpha value is 1.32. The predicted molar refractivity (Wildman–Crippen MR) is 103 cm³/mol. The van der Waals surface area contributed by atoms with E-state index in [1.807, 2.05) is 0 Å². The van der Waals surface area contributed by atoms with Gasteiger partial charge in [-0.05, 0) is 32.4 Å². The summed E-state index contributed by atoms with van der Waals surface area (Å²) >= 11 is 0. The van der Waals surface area contributed by atoms with E-state index >= 15 is 0 Å². The summed E-state index contributed by atoms with van der Waals surface area (Å²) < 4.78 is 42.7. The van der Waals surface area contributed by atoms with Gasteiger partial charge in [-0.25, -0.2) is 0 Å². The van der Waals surface area contributed by atoms with Crippen LogP contribution in [0.5, 0.6) is 0 Å². The first kappa shape index (κ1) is 46.6. The monoisotopic (exact) mass is 574 g/mol. The van der Waals surface area contributed by atoms with Gasteiger partial charge in [0, 0.05) is 6.42 Å². The molecule has 0 rings (SSSR count). The maximum absolute atomic E-state index is 10.7. The average Bonchev–Trinajstić information content (AvgIpc) is 2.46. The molecule has 0 saturated carbocycles. The minimum Gasteiger partial charge on any atom is -0.776 e. The minimum atomic E-state index is -5.55. The summed E-state index contributed by atoms with van der Waals surface area (Å²) in [5.74, 6) is 0. The first-order valence-electron chi connectivity index (χ1n) is 7.18. The third kappa shape index (κ3) is 12.9. The molecule has 2 unspecified atom stereocenters. The summed E-state index contributed by atoms with van der Waals surface area (Å²) in [7, 11) is -21.5. The van der Waals surface area contributed by atoms with Crippen molar-refractivity contribution in [3.8, 4) is 0 Å². The van der Waals surface area contributed by atoms with Crippen molar-refractivity contribution in [2.75, 3.05) is 13.1 Å². The second-order valence-electron chi connectivity index (χ2n) is 5.49. The van der Waals surface area contributed by atoms with Gasteiger partial charge >= 0.3 is 52.3 Å². The van der Waals surface area contributed by atoms with Crippen molar-refractivity contribution >= 4 is 30.4 Å². The van der Waals surface area contributed by atoms with Crippen molar-refractivity contribution in [2.24, 2.45) is 11.5 Å². The van der Waals surface area contributed by atoms with Crippen molar-refractivity contribution in [1.29, 1.82) is 0 Å². The zero-order chi connectivity index (χ0) is 23.2. The molecule has 0 aromatic heterocycles. The van der Waals surface area contributed by atoms with E-state index in [9.17, 15) is 33.4 Å². The van der Waals surface area contributed by atoms with Gasteiger partial charge in [0.25, 0.3) is 5.08 Å². The van der Waals surface area contributed by atoms with Crippen LogP contribution in [0.25, 0.3) is 0 Å². The number of nitrogens with two attached hydrogens (primary N) is 2. The molecule has 19 nitrogen and oxygen atoms in total. The van der Waals surface area contributed by atoms with Gasteiger partial charge in [-0.15, -0.1) is 0 Å². The molecule has 0 heterocycles. The van der Waals surface area contributed by atoms with Crippen LogP contribution in [0.15, 0.2) is 0 Å². The molecule has 0 saturated heterocycles.